The summed E-state index contributed by atoms with van der Waals surface area (Å²) in [4.78, 5) is 23.7. The van der Waals surface area contributed by atoms with Crippen molar-refractivity contribution in [2.24, 2.45) is 0 Å². The summed E-state index contributed by atoms with van der Waals surface area (Å²) in [6, 6.07) is 13.1. The third-order valence-electron chi connectivity index (χ3n) is 3.20. The fourth-order valence-electron chi connectivity index (χ4n) is 2.04. The zero-order chi connectivity index (χ0) is 16.8. The molecule has 23 heavy (non-hydrogen) atoms. The molecule has 2 amide bonds. The SMILES string of the molecule is CC(NC(=O)CC(=O)Nc1ccc(F)c(Cl)c1)c1ccccc1. The monoisotopic (exact) mass is 334 g/mol. The molecule has 0 aliphatic carbocycles. The van der Waals surface area contributed by atoms with Crippen LogP contribution in [-0.2, 0) is 9.59 Å². The molecule has 0 aliphatic rings. The number of hydrogen-bond acceptors (Lipinski definition) is 2. The van der Waals surface area contributed by atoms with Gasteiger partial charge in [0, 0.05) is 5.69 Å². The summed E-state index contributed by atoms with van der Waals surface area (Å²) in [5, 5.41) is 5.16. The van der Waals surface area contributed by atoms with Crippen LogP contribution in [0.5, 0.6) is 0 Å². The molecule has 0 bridgehead atoms. The van der Waals surface area contributed by atoms with Crippen LogP contribution in [0, 0.1) is 5.82 Å². The molecule has 1 unspecified atom stereocenters. The Morgan fingerprint density at radius 2 is 1.83 bits per heavy atom. The molecule has 0 saturated carbocycles. The van der Waals surface area contributed by atoms with Crippen LogP contribution in [0.3, 0.4) is 0 Å². The Labute approximate surface area is 138 Å². The standard InChI is InChI=1S/C17H16ClFN2O2/c1-11(12-5-3-2-4-6-12)20-16(22)10-17(23)21-13-7-8-15(19)14(18)9-13/h2-9,11H,10H2,1H3,(H,20,22)(H,21,23). The van der Waals surface area contributed by atoms with Crippen molar-refractivity contribution >= 4 is 29.1 Å². The summed E-state index contributed by atoms with van der Waals surface area (Å²) in [6.07, 6.45) is -0.327. The van der Waals surface area contributed by atoms with Gasteiger partial charge >= 0.3 is 0 Å². The van der Waals surface area contributed by atoms with Crippen LogP contribution in [0.1, 0.15) is 24.9 Å². The lowest BCUT2D eigenvalue weighted by Crippen LogP contribution is -2.30. The minimum absolute atomic E-state index is 0.0926. The fraction of sp³-hybridized carbons (Fsp3) is 0.176. The van der Waals surface area contributed by atoms with Crippen molar-refractivity contribution in [3.63, 3.8) is 0 Å². The first-order valence-corrected chi connectivity index (χ1v) is 7.42. The third kappa shape index (κ3) is 5.07. The first kappa shape index (κ1) is 17.0. The summed E-state index contributed by atoms with van der Waals surface area (Å²) in [5.41, 5.74) is 1.29. The van der Waals surface area contributed by atoms with Crippen LogP contribution in [0.2, 0.25) is 5.02 Å². The average molecular weight is 335 g/mol. The van der Waals surface area contributed by atoms with E-state index in [-0.39, 0.29) is 17.5 Å². The van der Waals surface area contributed by atoms with Crippen molar-refractivity contribution in [1.29, 1.82) is 0 Å². The zero-order valence-electron chi connectivity index (χ0n) is 12.5. The Kier molecular flexibility index (Phi) is 5.71. The maximum atomic E-state index is 13.0. The van der Waals surface area contributed by atoms with Crippen molar-refractivity contribution in [2.45, 2.75) is 19.4 Å². The highest BCUT2D eigenvalue weighted by Crippen LogP contribution is 2.19. The van der Waals surface area contributed by atoms with Gasteiger partial charge < -0.3 is 10.6 Å². The van der Waals surface area contributed by atoms with Gasteiger partial charge in [-0.1, -0.05) is 41.9 Å². The first-order chi connectivity index (χ1) is 11.0. The fourth-order valence-corrected chi connectivity index (χ4v) is 2.22. The van der Waals surface area contributed by atoms with Gasteiger partial charge in [-0.15, -0.1) is 0 Å². The van der Waals surface area contributed by atoms with Crippen LogP contribution in [0.25, 0.3) is 0 Å². The molecular weight excluding hydrogens is 319 g/mol. The van der Waals surface area contributed by atoms with Gasteiger partial charge in [0.1, 0.15) is 12.2 Å². The maximum Gasteiger partial charge on any atom is 0.233 e. The van der Waals surface area contributed by atoms with E-state index in [0.29, 0.717) is 5.69 Å². The second-order valence-electron chi connectivity index (χ2n) is 5.05. The van der Waals surface area contributed by atoms with Gasteiger partial charge in [-0.05, 0) is 30.7 Å². The van der Waals surface area contributed by atoms with Crippen LogP contribution >= 0.6 is 11.6 Å². The predicted molar refractivity (Wildman–Crippen MR) is 87.7 cm³/mol. The van der Waals surface area contributed by atoms with E-state index in [1.165, 1.54) is 12.1 Å². The van der Waals surface area contributed by atoms with Gasteiger partial charge in [-0.3, -0.25) is 9.59 Å². The number of benzene rings is 2. The molecule has 0 aliphatic heterocycles. The maximum absolute atomic E-state index is 13.0. The number of nitrogens with one attached hydrogen (secondary N) is 2. The van der Waals surface area contributed by atoms with E-state index in [4.69, 9.17) is 11.6 Å². The summed E-state index contributed by atoms with van der Waals surface area (Å²) < 4.78 is 13.0. The van der Waals surface area contributed by atoms with Crippen molar-refractivity contribution in [1.82, 2.24) is 5.32 Å². The Hall–Kier alpha value is -2.40. The Morgan fingerprint density at radius 3 is 2.48 bits per heavy atom. The number of rotatable bonds is 5. The van der Waals surface area contributed by atoms with Gasteiger partial charge in [-0.2, -0.15) is 0 Å². The smallest absolute Gasteiger partial charge is 0.233 e. The second-order valence-corrected chi connectivity index (χ2v) is 5.46. The highest BCUT2D eigenvalue weighted by atomic mass is 35.5. The first-order valence-electron chi connectivity index (χ1n) is 7.05. The topological polar surface area (TPSA) is 58.2 Å². The summed E-state index contributed by atoms with van der Waals surface area (Å²) in [5.74, 6) is -1.46. The van der Waals surface area contributed by atoms with E-state index in [1.807, 2.05) is 37.3 Å². The molecule has 0 heterocycles. The summed E-state index contributed by atoms with van der Waals surface area (Å²) >= 11 is 5.63. The molecule has 6 heteroatoms. The summed E-state index contributed by atoms with van der Waals surface area (Å²) in [6.45, 7) is 1.84. The van der Waals surface area contributed by atoms with Gasteiger partial charge in [0.15, 0.2) is 0 Å². The van der Waals surface area contributed by atoms with Gasteiger partial charge in [-0.25, -0.2) is 4.39 Å². The minimum Gasteiger partial charge on any atom is -0.349 e. The van der Waals surface area contributed by atoms with Gasteiger partial charge in [0.2, 0.25) is 11.8 Å². The van der Waals surface area contributed by atoms with Crippen molar-refractivity contribution in [2.75, 3.05) is 5.32 Å². The van der Waals surface area contributed by atoms with E-state index >= 15 is 0 Å². The van der Waals surface area contributed by atoms with Gasteiger partial charge in [0.25, 0.3) is 0 Å². The lowest BCUT2D eigenvalue weighted by molar-refractivity contribution is -0.127. The van der Waals surface area contributed by atoms with Crippen LogP contribution in [0.4, 0.5) is 10.1 Å². The Balaban J connectivity index is 1.87. The van der Waals surface area contributed by atoms with E-state index in [0.717, 1.165) is 11.6 Å². The molecule has 4 nitrogen and oxygen atoms in total. The predicted octanol–water partition coefficient (Wildman–Crippen LogP) is 3.69. The third-order valence-corrected chi connectivity index (χ3v) is 3.49. The lowest BCUT2D eigenvalue weighted by atomic mass is 10.1. The molecule has 2 aromatic carbocycles. The largest absolute Gasteiger partial charge is 0.349 e. The molecule has 1 atom stereocenters. The second kappa shape index (κ2) is 7.74. The molecule has 2 aromatic rings. The van der Waals surface area contributed by atoms with E-state index in [2.05, 4.69) is 10.6 Å². The molecule has 0 radical (unpaired) electrons. The number of hydrogen-bond donors (Lipinski definition) is 2. The van der Waals surface area contributed by atoms with Crippen molar-refractivity contribution in [3.05, 3.63) is 64.9 Å². The van der Waals surface area contributed by atoms with Crippen LogP contribution < -0.4 is 10.6 Å². The van der Waals surface area contributed by atoms with Crippen molar-refractivity contribution < 1.29 is 14.0 Å². The molecular formula is C17H16ClFN2O2. The molecule has 0 aromatic heterocycles. The van der Waals surface area contributed by atoms with Crippen molar-refractivity contribution in [3.8, 4) is 0 Å². The highest BCUT2D eigenvalue weighted by Gasteiger charge is 2.13. The quantitative estimate of drug-likeness (QED) is 0.819. The average Bonchev–Trinajstić information content (AvgIpc) is 2.51. The minimum atomic E-state index is -0.570. The normalized spacial score (nSPS) is 11.6. The Morgan fingerprint density at radius 1 is 1.13 bits per heavy atom. The number of carbonyl (C=O) groups excluding carboxylic acids is 2. The van der Waals surface area contributed by atoms with E-state index in [9.17, 15) is 14.0 Å². The lowest BCUT2D eigenvalue weighted by Gasteiger charge is -2.14. The molecule has 2 N–H and O–H groups in total. The van der Waals surface area contributed by atoms with E-state index in [1.54, 1.807) is 0 Å². The number of carbonyl (C=O) groups is 2. The number of halogens is 2. The molecule has 0 fully saturated rings. The van der Waals surface area contributed by atoms with Crippen LogP contribution in [-0.4, -0.2) is 11.8 Å². The number of amides is 2. The zero-order valence-corrected chi connectivity index (χ0v) is 13.2. The summed E-state index contributed by atoms with van der Waals surface area (Å²) in [7, 11) is 0. The number of anilines is 1. The molecule has 120 valence electrons. The van der Waals surface area contributed by atoms with E-state index < -0.39 is 17.6 Å². The highest BCUT2D eigenvalue weighted by molar-refractivity contribution is 6.31. The molecule has 0 spiro atoms. The van der Waals surface area contributed by atoms with Gasteiger partial charge in [0.05, 0.1) is 11.1 Å². The van der Waals surface area contributed by atoms with Crippen LogP contribution in [0.15, 0.2) is 48.5 Å². The molecule has 2 rings (SSSR count). The molecule has 0 saturated heterocycles. The Bertz CT molecular complexity index is 707.